The third-order valence-electron chi connectivity index (χ3n) is 5.64. The summed E-state index contributed by atoms with van der Waals surface area (Å²) in [6.07, 6.45) is -0.276. The van der Waals surface area contributed by atoms with Crippen molar-refractivity contribution in [1.82, 2.24) is 9.88 Å². The van der Waals surface area contributed by atoms with Crippen molar-refractivity contribution >= 4 is 17.6 Å². The summed E-state index contributed by atoms with van der Waals surface area (Å²) >= 11 is 0. The number of carbonyl (C=O) groups excluding carboxylic acids is 2. The van der Waals surface area contributed by atoms with Gasteiger partial charge in [0.25, 0.3) is 5.91 Å². The number of imide groups is 1. The second-order valence-corrected chi connectivity index (χ2v) is 8.87. The van der Waals surface area contributed by atoms with E-state index in [2.05, 4.69) is 9.72 Å². The van der Waals surface area contributed by atoms with Crippen LogP contribution in [-0.2, 0) is 16.8 Å². The molecule has 1 saturated carbocycles. The van der Waals surface area contributed by atoms with Gasteiger partial charge in [0.1, 0.15) is 11.3 Å². The van der Waals surface area contributed by atoms with Gasteiger partial charge < -0.3 is 9.64 Å². The molecule has 0 N–H and O–H groups in total. The first-order valence-corrected chi connectivity index (χ1v) is 9.88. The van der Waals surface area contributed by atoms with Crippen LogP contribution in [0.4, 0.5) is 23.7 Å². The van der Waals surface area contributed by atoms with Crippen LogP contribution in [0.5, 0.6) is 5.75 Å². The van der Waals surface area contributed by atoms with Crippen LogP contribution in [0.2, 0.25) is 0 Å². The third kappa shape index (κ3) is 3.84. The normalized spacial score (nSPS) is 18.1. The van der Waals surface area contributed by atoms with Crippen molar-refractivity contribution in [2.24, 2.45) is 0 Å². The lowest BCUT2D eigenvalue weighted by Gasteiger charge is -2.27. The molecule has 2 fully saturated rings. The minimum Gasteiger partial charge on any atom is -0.406 e. The van der Waals surface area contributed by atoms with E-state index in [0.717, 1.165) is 28.2 Å². The fourth-order valence-corrected chi connectivity index (χ4v) is 3.97. The van der Waals surface area contributed by atoms with Gasteiger partial charge in [-0.05, 0) is 59.7 Å². The summed E-state index contributed by atoms with van der Waals surface area (Å²) in [7, 11) is 0. The number of hydrogen-bond donors (Lipinski definition) is 0. The highest BCUT2D eigenvalue weighted by molar-refractivity contribution is 6.24. The van der Waals surface area contributed by atoms with Gasteiger partial charge in [0.2, 0.25) is 0 Å². The summed E-state index contributed by atoms with van der Waals surface area (Å²) in [6, 6.07) is 6.11. The number of nitrogens with zero attached hydrogens (tertiary/aromatic N) is 3. The standard InChI is InChI=1S/C22H22F3N3O3/c1-20(2,3)17-12-26-11-8-14(17)13-27-19(30)28(18(29)21(27)9-10-21)15-4-6-16(7-5-15)31-22(23,24)25/h4-8,11-12H,9-10,13H2,1-3H3. The number of rotatable bonds is 4. The summed E-state index contributed by atoms with van der Waals surface area (Å²) in [5.74, 6) is -0.770. The number of halogens is 3. The second-order valence-electron chi connectivity index (χ2n) is 8.87. The van der Waals surface area contributed by atoms with Crippen molar-refractivity contribution in [2.45, 2.75) is 57.5 Å². The maximum Gasteiger partial charge on any atom is 0.573 e. The molecule has 0 atom stereocenters. The SMILES string of the molecule is CC(C)(C)c1cnccc1CN1C(=O)N(c2ccc(OC(F)(F)F)cc2)C(=O)C12CC2. The van der Waals surface area contributed by atoms with Gasteiger partial charge in [0.15, 0.2) is 0 Å². The fourth-order valence-electron chi connectivity index (χ4n) is 3.97. The molecule has 1 saturated heterocycles. The van der Waals surface area contributed by atoms with Gasteiger partial charge >= 0.3 is 12.4 Å². The van der Waals surface area contributed by atoms with Gasteiger partial charge in [-0.2, -0.15) is 0 Å². The molecule has 1 aromatic carbocycles. The largest absolute Gasteiger partial charge is 0.573 e. The number of alkyl halides is 3. The molecule has 6 nitrogen and oxygen atoms in total. The van der Waals surface area contributed by atoms with Crippen molar-refractivity contribution in [3.8, 4) is 5.75 Å². The Labute approximate surface area is 177 Å². The average molecular weight is 433 g/mol. The van der Waals surface area contributed by atoms with Gasteiger partial charge in [-0.3, -0.25) is 9.78 Å². The van der Waals surface area contributed by atoms with Crippen molar-refractivity contribution in [1.29, 1.82) is 0 Å². The van der Waals surface area contributed by atoms with Crippen LogP contribution in [0.3, 0.4) is 0 Å². The number of carbonyl (C=O) groups is 2. The number of aromatic nitrogens is 1. The lowest BCUT2D eigenvalue weighted by atomic mass is 9.85. The third-order valence-corrected chi connectivity index (χ3v) is 5.64. The summed E-state index contributed by atoms with van der Waals surface area (Å²) in [4.78, 5) is 33.2. The monoisotopic (exact) mass is 433 g/mol. The zero-order valence-electron chi connectivity index (χ0n) is 17.4. The maximum atomic E-state index is 13.3. The summed E-state index contributed by atoms with van der Waals surface area (Å²) < 4.78 is 41.1. The highest BCUT2D eigenvalue weighted by Gasteiger charge is 2.65. The molecular weight excluding hydrogens is 411 g/mol. The van der Waals surface area contributed by atoms with E-state index in [1.165, 1.54) is 12.1 Å². The molecule has 164 valence electrons. The number of amides is 3. The molecule has 9 heteroatoms. The minimum atomic E-state index is -4.81. The highest BCUT2D eigenvalue weighted by atomic mass is 19.4. The first-order chi connectivity index (χ1) is 14.4. The molecule has 0 radical (unpaired) electrons. The van der Waals surface area contributed by atoms with Crippen LogP contribution in [0.15, 0.2) is 42.7 Å². The number of benzene rings is 1. The Hall–Kier alpha value is -3.10. The summed E-state index contributed by atoms with van der Waals surface area (Å²) in [6.45, 7) is 6.40. The summed E-state index contributed by atoms with van der Waals surface area (Å²) in [5, 5.41) is 0. The Balaban J connectivity index is 1.62. The molecule has 1 aliphatic carbocycles. The van der Waals surface area contributed by atoms with E-state index < -0.39 is 23.7 Å². The maximum absolute atomic E-state index is 13.3. The molecule has 2 aromatic rings. The van der Waals surface area contributed by atoms with E-state index >= 15 is 0 Å². The molecule has 1 aromatic heterocycles. The van der Waals surface area contributed by atoms with Gasteiger partial charge in [0.05, 0.1) is 5.69 Å². The topological polar surface area (TPSA) is 62.7 Å². The average Bonchev–Trinajstić information content (AvgIpc) is 3.44. The lowest BCUT2D eigenvalue weighted by molar-refractivity contribution is -0.274. The van der Waals surface area contributed by atoms with Crippen LogP contribution in [0.1, 0.15) is 44.7 Å². The van der Waals surface area contributed by atoms with Crippen molar-refractivity contribution in [3.05, 3.63) is 53.9 Å². The van der Waals surface area contributed by atoms with Crippen molar-refractivity contribution in [3.63, 3.8) is 0 Å². The predicted molar refractivity (Wildman–Crippen MR) is 106 cm³/mol. The van der Waals surface area contributed by atoms with Gasteiger partial charge in [0, 0.05) is 18.9 Å². The van der Waals surface area contributed by atoms with E-state index in [-0.39, 0.29) is 23.6 Å². The smallest absolute Gasteiger partial charge is 0.406 e. The van der Waals surface area contributed by atoms with Crippen LogP contribution >= 0.6 is 0 Å². The van der Waals surface area contributed by atoms with Crippen LogP contribution in [-0.4, -0.2) is 33.7 Å². The molecule has 3 amide bonds. The fraction of sp³-hybridized carbons (Fsp3) is 0.409. The zero-order valence-corrected chi connectivity index (χ0v) is 17.4. The zero-order chi connectivity index (χ0) is 22.6. The van der Waals surface area contributed by atoms with Crippen LogP contribution in [0, 0.1) is 0 Å². The van der Waals surface area contributed by atoms with E-state index in [1.54, 1.807) is 17.3 Å². The number of pyridine rings is 1. The molecule has 0 bridgehead atoms. The first-order valence-electron chi connectivity index (χ1n) is 9.88. The number of urea groups is 1. The first kappa shape index (κ1) is 21.1. The van der Waals surface area contributed by atoms with Gasteiger partial charge in [-0.15, -0.1) is 13.2 Å². The molecule has 4 rings (SSSR count). The molecule has 1 spiro atoms. The Morgan fingerprint density at radius 2 is 1.71 bits per heavy atom. The molecule has 31 heavy (non-hydrogen) atoms. The quantitative estimate of drug-likeness (QED) is 0.651. The number of ether oxygens (including phenoxy) is 1. The number of anilines is 1. The Bertz CT molecular complexity index is 1020. The second kappa shape index (κ2) is 6.96. The Morgan fingerprint density at radius 1 is 1.06 bits per heavy atom. The number of hydrogen-bond acceptors (Lipinski definition) is 4. The molecule has 1 aliphatic heterocycles. The molecule has 2 heterocycles. The molecule has 0 unspecified atom stereocenters. The van der Waals surface area contributed by atoms with E-state index in [9.17, 15) is 22.8 Å². The van der Waals surface area contributed by atoms with Gasteiger partial charge in [-0.25, -0.2) is 9.69 Å². The van der Waals surface area contributed by atoms with Crippen LogP contribution < -0.4 is 9.64 Å². The predicted octanol–water partition coefficient (Wildman–Crippen LogP) is 4.78. The van der Waals surface area contributed by atoms with Gasteiger partial charge in [-0.1, -0.05) is 20.8 Å². The minimum absolute atomic E-state index is 0.193. The molecular formula is C22H22F3N3O3. The van der Waals surface area contributed by atoms with E-state index in [4.69, 9.17) is 0 Å². The summed E-state index contributed by atoms with van der Waals surface area (Å²) in [5.41, 5.74) is 1.02. The molecule has 2 aliphatic rings. The van der Waals surface area contributed by atoms with E-state index in [0.29, 0.717) is 12.8 Å². The Kier molecular flexibility index (Phi) is 4.75. The van der Waals surface area contributed by atoms with Crippen molar-refractivity contribution in [2.75, 3.05) is 4.90 Å². The lowest BCUT2D eigenvalue weighted by Crippen LogP contribution is -2.37. The Morgan fingerprint density at radius 3 is 2.26 bits per heavy atom. The van der Waals surface area contributed by atoms with Crippen LogP contribution in [0.25, 0.3) is 0 Å². The van der Waals surface area contributed by atoms with Crippen molar-refractivity contribution < 1.29 is 27.5 Å². The highest BCUT2D eigenvalue weighted by Crippen LogP contribution is 2.50. The van der Waals surface area contributed by atoms with E-state index in [1.807, 2.05) is 26.8 Å².